The van der Waals surface area contributed by atoms with Gasteiger partial charge in [0.25, 0.3) is 0 Å². The molecule has 2 aromatic rings. The van der Waals surface area contributed by atoms with Crippen molar-refractivity contribution >= 4 is 5.96 Å². The molecule has 0 aliphatic carbocycles. The molecule has 0 saturated carbocycles. The summed E-state index contributed by atoms with van der Waals surface area (Å²) in [4.78, 5) is 6.95. The van der Waals surface area contributed by atoms with Gasteiger partial charge in [0, 0.05) is 38.2 Å². The molecule has 1 aromatic heterocycles. The predicted molar refractivity (Wildman–Crippen MR) is 105 cm³/mol. The van der Waals surface area contributed by atoms with E-state index in [-0.39, 0.29) is 5.92 Å². The fourth-order valence-corrected chi connectivity index (χ4v) is 3.06. The van der Waals surface area contributed by atoms with E-state index in [1.807, 2.05) is 33.0 Å². The Bertz CT molecular complexity index is 702. The highest BCUT2D eigenvalue weighted by molar-refractivity contribution is 5.79. The summed E-state index contributed by atoms with van der Waals surface area (Å²) in [6.45, 7) is 10.4. The molecule has 26 heavy (non-hydrogen) atoms. The second kappa shape index (κ2) is 9.27. The Kier molecular flexibility index (Phi) is 7.06. The van der Waals surface area contributed by atoms with Gasteiger partial charge in [0.15, 0.2) is 5.96 Å². The van der Waals surface area contributed by atoms with Gasteiger partial charge in [-0.2, -0.15) is 0 Å². The zero-order valence-electron chi connectivity index (χ0n) is 16.7. The Balaban J connectivity index is 2.06. The molecular weight excluding hydrogens is 328 g/mol. The van der Waals surface area contributed by atoms with Crippen molar-refractivity contribution in [1.29, 1.82) is 0 Å². The Morgan fingerprint density at radius 1 is 1.31 bits per heavy atom. The minimum absolute atomic E-state index is 0.254. The van der Waals surface area contributed by atoms with Crippen molar-refractivity contribution in [3.63, 3.8) is 0 Å². The second-order valence-corrected chi connectivity index (χ2v) is 6.54. The lowest BCUT2D eigenvalue weighted by molar-refractivity contribution is 0.391. The number of aromatic nitrogens is 1. The summed E-state index contributed by atoms with van der Waals surface area (Å²) in [6.07, 6.45) is 0. The standard InChI is InChI=1S/C20H30N4O2/c1-7-21-20(22-12-14(2)19-15(3)23-26-16(19)4)24(5)13-17-8-10-18(25-6)11-9-17/h8-11,14H,7,12-13H2,1-6H3,(H,21,22). The number of rotatable bonds is 7. The van der Waals surface area contributed by atoms with E-state index in [2.05, 4.69) is 41.4 Å². The molecule has 0 aliphatic heterocycles. The molecule has 1 aromatic carbocycles. The summed E-state index contributed by atoms with van der Waals surface area (Å²) in [7, 11) is 3.73. The zero-order chi connectivity index (χ0) is 19.1. The third-order valence-electron chi connectivity index (χ3n) is 4.37. The number of guanidine groups is 1. The summed E-state index contributed by atoms with van der Waals surface area (Å²) in [6, 6.07) is 8.11. The lowest BCUT2D eigenvalue weighted by Crippen LogP contribution is -2.38. The van der Waals surface area contributed by atoms with E-state index >= 15 is 0 Å². The first-order chi connectivity index (χ1) is 12.5. The summed E-state index contributed by atoms with van der Waals surface area (Å²) in [5.41, 5.74) is 3.31. The molecule has 142 valence electrons. The van der Waals surface area contributed by atoms with Gasteiger partial charge in [-0.25, -0.2) is 0 Å². The van der Waals surface area contributed by atoms with E-state index < -0.39 is 0 Å². The van der Waals surface area contributed by atoms with Crippen LogP contribution in [0.4, 0.5) is 0 Å². The molecule has 6 heteroatoms. The van der Waals surface area contributed by atoms with Crippen molar-refractivity contribution in [3.05, 3.63) is 46.8 Å². The van der Waals surface area contributed by atoms with Crippen LogP contribution < -0.4 is 10.1 Å². The quantitative estimate of drug-likeness (QED) is 0.606. The number of hydrogen-bond acceptors (Lipinski definition) is 4. The van der Waals surface area contributed by atoms with Crippen molar-refractivity contribution < 1.29 is 9.26 Å². The van der Waals surface area contributed by atoms with Gasteiger partial charge in [-0.15, -0.1) is 0 Å². The van der Waals surface area contributed by atoms with Crippen LogP contribution in [-0.2, 0) is 6.54 Å². The van der Waals surface area contributed by atoms with Crippen molar-refractivity contribution in [2.24, 2.45) is 4.99 Å². The van der Waals surface area contributed by atoms with E-state index in [0.29, 0.717) is 6.54 Å². The van der Waals surface area contributed by atoms with Gasteiger partial charge in [0.2, 0.25) is 0 Å². The van der Waals surface area contributed by atoms with Gasteiger partial charge in [-0.05, 0) is 38.5 Å². The van der Waals surface area contributed by atoms with Crippen LogP contribution in [0.25, 0.3) is 0 Å². The number of nitrogens with one attached hydrogen (secondary N) is 1. The van der Waals surface area contributed by atoms with Crippen LogP contribution in [0.1, 0.15) is 42.3 Å². The van der Waals surface area contributed by atoms with Crippen molar-refractivity contribution in [2.75, 3.05) is 27.2 Å². The molecule has 0 saturated heterocycles. The van der Waals surface area contributed by atoms with Crippen LogP contribution in [-0.4, -0.2) is 43.3 Å². The van der Waals surface area contributed by atoms with Crippen LogP contribution in [0, 0.1) is 13.8 Å². The third-order valence-corrected chi connectivity index (χ3v) is 4.37. The molecule has 1 N–H and O–H groups in total. The fourth-order valence-electron chi connectivity index (χ4n) is 3.06. The molecule has 1 unspecified atom stereocenters. The van der Waals surface area contributed by atoms with Crippen LogP contribution in [0.3, 0.4) is 0 Å². The first kappa shape index (κ1) is 19.8. The highest BCUT2D eigenvalue weighted by Crippen LogP contribution is 2.23. The van der Waals surface area contributed by atoms with Gasteiger partial charge in [-0.3, -0.25) is 4.99 Å². The van der Waals surface area contributed by atoms with E-state index in [9.17, 15) is 0 Å². The van der Waals surface area contributed by atoms with Gasteiger partial charge >= 0.3 is 0 Å². The number of ether oxygens (including phenoxy) is 1. The first-order valence-corrected chi connectivity index (χ1v) is 9.01. The number of aliphatic imine (C=N–C) groups is 1. The lowest BCUT2D eigenvalue weighted by Gasteiger charge is -2.23. The van der Waals surface area contributed by atoms with E-state index in [1.165, 1.54) is 5.56 Å². The monoisotopic (exact) mass is 358 g/mol. The number of methoxy groups -OCH3 is 1. The largest absolute Gasteiger partial charge is 0.497 e. The van der Waals surface area contributed by atoms with E-state index in [0.717, 1.165) is 41.8 Å². The van der Waals surface area contributed by atoms with Crippen molar-refractivity contribution in [3.8, 4) is 5.75 Å². The molecule has 0 fully saturated rings. The molecule has 1 atom stereocenters. The smallest absolute Gasteiger partial charge is 0.193 e. The average molecular weight is 358 g/mol. The Morgan fingerprint density at radius 2 is 2.00 bits per heavy atom. The van der Waals surface area contributed by atoms with Gasteiger partial charge in [0.05, 0.1) is 12.8 Å². The maximum atomic E-state index is 5.28. The third kappa shape index (κ3) is 5.00. The number of aryl methyl sites for hydroxylation is 2. The molecule has 0 aliphatic rings. The molecular formula is C20H30N4O2. The van der Waals surface area contributed by atoms with Crippen LogP contribution in [0.15, 0.2) is 33.8 Å². The SMILES string of the molecule is CCNC(=NCC(C)c1c(C)noc1C)N(C)Cc1ccc(OC)cc1. The summed E-state index contributed by atoms with van der Waals surface area (Å²) >= 11 is 0. The second-order valence-electron chi connectivity index (χ2n) is 6.54. The summed E-state index contributed by atoms with van der Waals surface area (Å²) in [5.74, 6) is 2.89. The molecule has 6 nitrogen and oxygen atoms in total. The molecule has 0 amide bonds. The molecule has 2 rings (SSSR count). The number of benzene rings is 1. The van der Waals surface area contributed by atoms with Crippen molar-refractivity contribution in [1.82, 2.24) is 15.4 Å². The normalized spacial score (nSPS) is 12.8. The Hall–Kier alpha value is -2.50. The van der Waals surface area contributed by atoms with Gasteiger partial charge < -0.3 is 19.5 Å². The minimum atomic E-state index is 0.254. The molecule has 0 spiro atoms. The minimum Gasteiger partial charge on any atom is -0.497 e. The van der Waals surface area contributed by atoms with Crippen LogP contribution in [0.5, 0.6) is 5.75 Å². The fraction of sp³-hybridized carbons (Fsp3) is 0.500. The Labute approximate surface area is 156 Å². The lowest BCUT2D eigenvalue weighted by atomic mass is 10.00. The first-order valence-electron chi connectivity index (χ1n) is 9.01. The topological polar surface area (TPSA) is 62.9 Å². The summed E-state index contributed by atoms with van der Waals surface area (Å²) < 4.78 is 10.5. The molecule has 0 radical (unpaired) electrons. The van der Waals surface area contributed by atoms with Gasteiger partial charge in [-0.1, -0.05) is 24.2 Å². The van der Waals surface area contributed by atoms with E-state index in [1.54, 1.807) is 7.11 Å². The Morgan fingerprint density at radius 3 is 2.54 bits per heavy atom. The zero-order valence-corrected chi connectivity index (χ0v) is 16.7. The molecule has 1 heterocycles. The maximum absolute atomic E-state index is 5.28. The molecule has 0 bridgehead atoms. The maximum Gasteiger partial charge on any atom is 0.193 e. The number of nitrogens with zero attached hydrogens (tertiary/aromatic N) is 3. The highest BCUT2D eigenvalue weighted by atomic mass is 16.5. The van der Waals surface area contributed by atoms with E-state index in [4.69, 9.17) is 14.3 Å². The van der Waals surface area contributed by atoms with Gasteiger partial charge in [0.1, 0.15) is 11.5 Å². The predicted octanol–water partition coefficient (Wildman–Crippen LogP) is 3.50. The number of hydrogen-bond donors (Lipinski definition) is 1. The van der Waals surface area contributed by atoms with Crippen molar-refractivity contribution in [2.45, 2.75) is 40.2 Å². The van der Waals surface area contributed by atoms with Crippen LogP contribution >= 0.6 is 0 Å². The average Bonchev–Trinajstić information content (AvgIpc) is 2.97. The highest BCUT2D eigenvalue weighted by Gasteiger charge is 2.16. The van der Waals surface area contributed by atoms with Crippen LogP contribution in [0.2, 0.25) is 0 Å². The summed E-state index contributed by atoms with van der Waals surface area (Å²) in [5, 5.41) is 7.41.